The first kappa shape index (κ1) is 18.1. The second-order valence-corrected chi connectivity index (χ2v) is 4.17. The highest BCUT2D eigenvalue weighted by Gasteiger charge is 2.24. The van der Waals surface area contributed by atoms with E-state index in [-0.39, 0.29) is 36.8 Å². The molecule has 1 aliphatic heterocycles. The van der Waals surface area contributed by atoms with Crippen LogP contribution in [0.15, 0.2) is 18.3 Å². The fourth-order valence-electron chi connectivity index (χ4n) is 1.82. The smallest absolute Gasteiger partial charge is 0.255 e. The molecule has 1 aliphatic rings. The molecular weight excluding hydrogens is 289 g/mol. The van der Waals surface area contributed by atoms with Gasteiger partial charge in [0, 0.05) is 31.5 Å². The average Bonchev–Trinajstić information content (AvgIpc) is 2.39. The van der Waals surface area contributed by atoms with E-state index in [2.05, 4.69) is 4.98 Å². The van der Waals surface area contributed by atoms with Gasteiger partial charge in [-0.2, -0.15) is 0 Å². The van der Waals surface area contributed by atoms with E-state index in [9.17, 15) is 4.79 Å². The van der Waals surface area contributed by atoms with Gasteiger partial charge in [0.15, 0.2) is 0 Å². The number of carbonyl (C=O) groups is 1. The SMILES string of the molecule is Cc1ccc(C(=O)N2CCOC(CN)C2)cn1.Cl.Cl. The molecule has 0 saturated carbocycles. The van der Waals surface area contributed by atoms with Crippen LogP contribution in [0.25, 0.3) is 0 Å². The molecule has 19 heavy (non-hydrogen) atoms. The number of carbonyl (C=O) groups excluding carboxylic acids is 1. The van der Waals surface area contributed by atoms with Crippen LogP contribution < -0.4 is 5.73 Å². The molecule has 5 nitrogen and oxygen atoms in total. The topological polar surface area (TPSA) is 68.5 Å². The van der Waals surface area contributed by atoms with Gasteiger partial charge in [0.25, 0.3) is 5.91 Å². The lowest BCUT2D eigenvalue weighted by Crippen LogP contribution is -2.48. The minimum Gasteiger partial charge on any atom is -0.373 e. The highest BCUT2D eigenvalue weighted by atomic mass is 35.5. The first-order chi connectivity index (χ1) is 8.20. The Hall–Kier alpha value is -0.880. The van der Waals surface area contributed by atoms with Crippen molar-refractivity contribution in [2.45, 2.75) is 13.0 Å². The molecule has 7 heteroatoms. The van der Waals surface area contributed by atoms with Crippen LogP contribution >= 0.6 is 24.8 Å². The molecule has 0 aliphatic carbocycles. The van der Waals surface area contributed by atoms with Crippen LogP contribution in [0.2, 0.25) is 0 Å². The first-order valence-corrected chi connectivity index (χ1v) is 5.74. The van der Waals surface area contributed by atoms with E-state index in [1.54, 1.807) is 17.2 Å². The Kier molecular flexibility index (Phi) is 7.94. The lowest BCUT2D eigenvalue weighted by atomic mass is 10.2. The van der Waals surface area contributed by atoms with Crippen molar-refractivity contribution in [1.82, 2.24) is 9.88 Å². The van der Waals surface area contributed by atoms with E-state index >= 15 is 0 Å². The van der Waals surface area contributed by atoms with Gasteiger partial charge in [0.1, 0.15) is 0 Å². The Morgan fingerprint density at radius 2 is 2.26 bits per heavy atom. The average molecular weight is 308 g/mol. The quantitative estimate of drug-likeness (QED) is 0.886. The second kappa shape index (κ2) is 8.32. The normalized spacial score (nSPS) is 18.2. The van der Waals surface area contributed by atoms with Crippen molar-refractivity contribution >= 4 is 30.7 Å². The van der Waals surface area contributed by atoms with Gasteiger partial charge in [0.2, 0.25) is 0 Å². The molecule has 2 N–H and O–H groups in total. The fourth-order valence-corrected chi connectivity index (χ4v) is 1.82. The Morgan fingerprint density at radius 1 is 1.53 bits per heavy atom. The number of amides is 1. The number of aryl methyl sites for hydroxylation is 1. The number of hydrogen-bond donors (Lipinski definition) is 1. The maximum atomic E-state index is 12.2. The van der Waals surface area contributed by atoms with Crippen LogP contribution in [0, 0.1) is 6.92 Å². The van der Waals surface area contributed by atoms with Crippen molar-refractivity contribution in [3.05, 3.63) is 29.6 Å². The van der Waals surface area contributed by atoms with Crippen molar-refractivity contribution in [1.29, 1.82) is 0 Å². The molecule has 2 heterocycles. The molecule has 0 spiro atoms. The zero-order valence-corrected chi connectivity index (χ0v) is 12.4. The molecule has 1 amide bonds. The highest BCUT2D eigenvalue weighted by Crippen LogP contribution is 2.10. The van der Waals surface area contributed by atoms with Crippen LogP contribution in [-0.2, 0) is 4.74 Å². The molecular formula is C12H19Cl2N3O2. The minimum absolute atomic E-state index is 0. The van der Waals surface area contributed by atoms with E-state index in [0.717, 1.165) is 5.69 Å². The van der Waals surface area contributed by atoms with Crippen molar-refractivity contribution < 1.29 is 9.53 Å². The highest BCUT2D eigenvalue weighted by molar-refractivity contribution is 5.94. The van der Waals surface area contributed by atoms with Crippen LogP contribution in [-0.4, -0.2) is 48.1 Å². The van der Waals surface area contributed by atoms with Gasteiger partial charge in [0.05, 0.1) is 18.3 Å². The van der Waals surface area contributed by atoms with E-state index in [0.29, 0.717) is 31.8 Å². The summed E-state index contributed by atoms with van der Waals surface area (Å²) < 4.78 is 5.43. The van der Waals surface area contributed by atoms with E-state index < -0.39 is 0 Å². The lowest BCUT2D eigenvalue weighted by Gasteiger charge is -2.32. The third-order valence-electron chi connectivity index (χ3n) is 2.85. The van der Waals surface area contributed by atoms with Crippen LogP contribution in [0.4, 0.5) is 0 Å². The second-order valence-electron chi connectivity index (χ2n) is 4.17. The van der Waals surface area contributed by atoms with Crippen molar-refractivity contribution in [3.63, 3.8) is 0 Å². The van der Waals surface area contributed by atoms with E-state index in [4.69, 9.17) is 10.5 Å². The zero-order valence-electron chi connectivity index (χ0n) is 10.7. The molecule has 1 saturated heterocycles. The lowest BCUT2D eigenvalue weighted by molar-refractivity contribution is -0.0167. The predicted octanol–water partition coefficient (Wildman–Crippen LogP) is 1.03. The Balaban J connectivity index is 0.00000162. The predicted molar refractivity (Wildman–Crippen MR) is 78.2 cm³/mol. The van der Waals surface area contributed by atoms with E-state index in [1.807, 2.05) is 13.0 Å². The summed E-state index contributed by atoms with van der Waals surface area (Å²) in [5.74, 6) is -0.000694. The Labute approximate surface area is 125 Å². The third kappa shape index (κ3) is 4.62. The Bertz CT molecular complexity index is 400. The zero-order chi connectivity index (χ0) is 12.3. The molecule has 2 rings (SSSR count). The fraction of sp³-hybridized carbons (Fsp3) is 0.500. The van der Waals surface area contributed by atoms with Crippen molar-refractivity contribution in [3.8, 4) is 0 Å². The number of nitrogens with zero attached hydrogens (tertiary/aromatic N) is 2. The number of halogens is 2. The summed E-state index contributed by atoms with van der Waals surface area (Å²) in [7, 11) is 0. The molecule has 1 atom stereocenters. The Morgan fingerprint density at radius 3 is 2.84 bits per heavy atom. The number of nitrogens with two attached hydrogens (primary N) is 1. The summed E-state index contributed by atoms with van der Waals surface area (Å²) in [6.45, 7) is 4.06. The van der Waals surface area contributed by atoms with Gasteiger partial charge in [-0.05, 0) is 19.1 Å². The molecule has 0 bridgehead atoms. The first-order valence-electron chi connectivity index (χ1n) is 5.74. The number of ether oxygens (including phenoxy) is 1. The molecule has 1 aromatic heterocycles. The third-order valence-corrected chi connectivity index (χ3v) is 2.85. The summed E-state index contributed by atoms with van der Waals surface area (Å²) in [5, 5.41) is 0. The van der Waals surface area contributed by atoms with Gasteiger partial charge in [-0.15, -0.1) is 24.8 Å². The number of rotatable bonds is 2. The summed E-state index contributed by atoms with van der Waals surface area (Å²) in [4.78, 5) is 18.1. The van der Waals surface area contributed by atoms with Gasteiger partial charge >= 0.3 is 0 Å². The van der Waals surface area contributed by atoms with Gasteiger partial charge < -0.3 is 15.4 Å². The number of aromatic nitrogens is 1. The monoisotopic (exact) mass is 307 g/mol. The summed E-state index contributed by atoms with van der Waals surface area (Å²) in [6.07, 6.45) is 1.57. The maximum absolute atomic E-state index is 12.2. The van der Waals surface area contributed by atoms with Crippen molar-refractivity contribution in [2.75, 3.05) is 26.2 Å². The molecule has 1 unspecified atom stereocenters. The summed E-state index contributed by atoms with van der Waals surface area (Å²) in [5.41, 5.74) is 7.07. The van der Waals surface area contributed by atoms with Gasteiger partial charge in [-0.1, -0.05) is 0 Å². The standard InChI is InChI=1S/C12H17N3O2.2ClH/c1-9-2-3-10(7-14-9)12(16)15-4-5-17-11(6-13)8-15;;/h2-3,7,11H,4-6,8,13H2,1H3;2*1H. The number of pyridine rings is 1. The van der Waals surface area contributed by atoms with Gasteiger partial charge in [-0.25, -0.2) is 0 Å². The van der Waals surface area contributed by atoms with E-state index in [1.165, 1.54) is 0 Å². The summed E-state index contributed by atoms with van der Waals surface area (Å²) >= 11 is 0. The number of morpholine rings is 1. The molecule has 1 aromatic rings. The molecule has 0 aromatic carbocycles. The minimum atomic E-state index is -0.0499. The molecule has 108 valence electrons. The summed E-state index contributed by atoms with van der Waals surface area (Å²) in [6, 6.07) is 3.64. The molecule has 0 radical (unpaired) electrons. The van der Waals surface area contributed by atoms with Crippen LogP contribution in [0.5, 0.6) is 0 Å². The molecule has 1 fully saturated rings. The van der Waals surface area contributed by atoms with Crippen LogP contribution in [0.3, 0.4) is 0 Å². The van der Waals surface area contributed by atoms with Crippen LogP contribution in [0.1, 0.15) is 16.1 Å². The number of hydrogen-bond acceptors (Lipinski definition) is 4. The largest absolute Gasteiger partial charge is 0.373 e. The maximum Gasteiger partial charge on any atom is 0.255 e. The van der Waals surface area contributed by atoms with Crippen molar-refractivity contribution in [2.24, 2.45) is 5.73 Å². The van der Waals surface area contributed by atoms with Gasteiger partial charge in [-0.3, -0.25) is 9.78 Å².